The Morgan fingerprint density at radius 1 is 1.15 bits per heavy atom. The normalized spacial score (nSPS) is 10.1. The number of pyridine rings is 1. The average Bonchev–Trinajstić information content (AvgIpc) is 2.52. The van der Waals surface area contributed by atoms with Crippen molar-refractivity contribution < 1.29 is 9.47 Å². The Hall–Kier alpha value is -2.37. The van der Waals surface area contributed by atoms with Gasteiger partial charge in [0.05, 0.1) is 13.7 Å². The quantitative estimate of drug-likeness (QED) is 0.835. The van der Waals surface area contributed by atoms with Crippen molar-refractivity contribution in [3.05, 3.63) is 36.2 Å². The van der Waals surface area contributed by atoms with Gasteiger partial charge in [0.2, 0.25) is 17.7 Å². The summed E-state index contributed by atoms with van der Waals surface area (Å²) in [5, 5.41) is 3.13. The molecule has 0 bridgehead atoms. The van der Waals surface area contributed by atoms with E-state index in [4.69, 9.17) is 9.47 Å². The Kier molecular flexibility index (Phi) is 5.11. The van der Waals surface area contributed by atoms with Gasteiger partial charge in [-0.25, -0.2) is 9.97 Å². The van der Waals surface area contributed by atoms with Crippen molar-refractivity contribution in [3.8, 4) is 11.8 Å². The van der Waals surface area contributed by atoms with Crippen molar-refractivity contribution in [1.29, 1.82) is 0 Å². The molecule has 0 atom stereocenters. The molecule has 2 heterocycles. The molecule has 0 saturated carbocycles. The lowest BCUT2D eigenvalue weighted by atomic mass is 10.3. The van der Waals surface area contributed by atoms with Gasteiger partial charge in [-0.15, -0.1) is 0 Å². The number of nitrogens with zero attached hydrogens (tertiary/aromatic N) is 3. The van der Waals surface area contributed by atoms with Crippen LogP contribution in [0, 0.1) is 0 Å². The lowest BCUT2D eigenvalue weighted by molar-refractivity contribution is 0.305. The Balaban J connectivity index is 1.92. The molecule has 20 heavy (non-hydrogen) atoms. The number of methoxy groups -OCH3 is 1. The van der Waals surface area contributed by atoms with Crippen molar-refractivity contribution in [2.45, 2.75) is 19.9 Å². The van der Waals surface area contributed by atoms with Crippen LogP contribution in [0.2, 0.25) is 0 Å². The molecular weight excluding hydrogens is 256 g/mol. The molecule has 0 aliphatic rings. The van der Waals surface area contributed by atoms with Crippen LogP contribution in [0.25, 0.3) is 0 Å². The third kappa shape index (κ3) is 4.08. The van der Waals surface area contributed by atoms with E-state index in [1.165, 1.54) is 0 Å². The molecule has 2 aromatic heterocycles. The third-order valence-electron chi connectivity index (χ3n) is 2.54. The minimum Gasteiger partial charge on any atom is -0.481 e. The second-order valence-electron chi connectivity index (χ2n) is 4.13. The summed E-state index contributed by atoms with van der Waals surface area (Å²) in [6.07, 6.45) is 4.38. The van der Waals surface area contributed by atoms with E-state index in [1.807, 2.05) is 12.1 Å². The van der Waals surface area contributed by atoms with E-state index in [2.05, 4.69) is 27.2 Å². The minimum atomic E-state index is 0.537. The van der Waals surface area contributed by atoms with Gasteiger partial charge in [0.1, 0.15) is 0 Å². The number of rotatable bonds is 7. The molecule has 6 heteroatoms. The number of aromatic nitrogens is 3. The van der Waals surface area contributed by atoms with Gasteiger partial charge in [-0.05, 0) is 12.0 Å². The van der Waals surface area contributed by atoms with E-state index >= 15 is 0 Å². The smallest absolute Gasteiger partial charge is 0.226 e. The first-order valence-corrected chi connectivity index (χ1v) is 6.50. The van der Waals surface area contributed by atoms with E-state index in [0.717, 1.165) is 12.0 Å². The predicted octanol–water partition coefficient (Wildman–Crippen LogP) is 2.28. The summed E-state index contributed by atoms with van der Waals surface area (Å²) in [5.41, 5.74) is 1.02. The van der Waals surface area contributed by atoms with Crippen LogP contribution in [0.3, 0.4) is 0 Å². The lowest BCUT2D eigenvalue weighted by Crippen LogP contribution is -2.05. The van der Waals surface area contributed by atoms with Crippen LogP contribution in [-0.4, -0.2) is 28.7 Å². The number of hydrogen-bond donors (Lipinski definition) is 1. The van der Waals surface area contributed by atoms with Crippen molar-refractivity contribution >= 4 is 5.95 Å². The van der Waals surface area contributed by atoms with E-state index in [1.54, 1.807) is 25.6 Å². The highest BCUT2D eigenvalue weighted by molar-refractivity contribution is 5.29. The van der Waals surface area contributed by atoms with Crippen molar-refractivity contribution in [2.24, 2.45) is 0 Å². The standard InChI is InChI=1S/C14H18N4O2/c1-3-8-20-13-6-7-15-14(18-13)17-10-11-4-5-12(19-2)16-9-11/h4-7,9H,3,8,10H2,1-2H3,(H,15,17,18). The molecule has 0 aliphatic heterocycles. The number of nitrogens with one attached hydrogen (secondary N) is 1. The van der Waals surface area contributed by atoms with E-state index in [9.17, 15) is 0 Å². The van der Waals surface area contributed by atoms with Gasteiger partial charge in [0.15, 0.2) is 0 Å². The van der Waals surface area contributed by atoms with Gasteiger partial charge in [-0.1, -0.05) is 13.0 Å². The Morgan fingerprint density at radius 2 is 2.05 bits per heavy atom. The summed E-state index contributed by atoms with van der Waals surface area (Å²) < 4.78 is 10.5. The fourth-order valence-electron chi connectivity index (χ4n) is 1.53. The summed E-state index contributed by atoms with van der Waals surface area (Å²) >= 11 is 0. The molecular formula is C14H18N4O2. The number of ether oxygens (including phenoxy) is 2. The zero-order valence-electron chi connectivity index (χ0n) is 11.7. The van der Waals surface area contributed by atoms with Crippen LogP contribution >= 0.6 is 0 Å². The maximum atomic E-state index is 5.46. The molecule has 0 spiro atoms. The second kappa shape index (κ2) is 7.28. The molecule has 2 rings (SSSR count). The molecule has 1 N–H and O–H groups in total. The highest BCUT2D eigenvalue weighted by atomic mass is 16.5. The minimum absolute atomic E-state index is 0.537. The summed E-state index contributed by atoms with van der Waals surface area (Å²) in [4.78, 5) is 12.6. The van der Waals surface area contributed by atoms with Gasteiger partial charge in [-0.2, -0.15) is 4.98 Å². The number of hydrogen-bond acceptors (Lipinski definition) is 6. The van der Waals surface area contributed by atoms with Crippen LogP contribution in [-0.2, 0) is 6.54 Å². The van der Waals surface area contributed by atoms with Crippen molar-refractivity contribution in [3.63, 3.8) is 0 Å². The highest BCUT2D eigenvalue weighted by Crippen LogP contribution is 2.11. The van der Waals surface area contributed by atoms with Crippen LogP contribution in [0.4, 0.5) is 5.95 Å². The zero-order valence-corrected chi connectivity index (χ0v) is 11.7. The maximum Gasteiger partial charge on any atom is 0.226 e. The predicted molar refractivity (Wildman–Crippen MR) is 75.9 cm³/mol. The summed E-state index contributed by atoms with van der Waals surface area (Å²) in [6.45, 7) is 3.30. The molecule has 0 saturated heterocycles. The number of anilines is 1. The van der Waals surface area contributed by atoms with Crippen LogP contribution in [0.5, 0.6) is 11.8 Å². The Labute approximate surface area is 118 Å². The first-order valence-electron chi connectivity index (χ1n) is 6.50. The first kappa shape index (κ1) is 14.0. The maximum absolute atomic E-state index is 5.46. The molecule has 0 aliphatic carbocycles. The third-order valence-corrected chi connectivity index (χ3v) is 2.54. The van der Waals surface area contributed by atoms with E-state index in [0.29, 0.717) is 30.9 Å². The Morgan fingerprint density at radius 3 is 2.75 bits per heavy atom. The second-order valence-corrected chi connectivity index (χ2v) is 4.13. The van der Waals surface area contributed by atoms with Gasteiger partial charge < -0.3 is 14.8 Å². The summed E-state index contributed by atoms with van der Waals surface area (Å²) in [6, 6.07) is 5.50. The topological polar surface area (TPSA) is 69.2 Å². The molecule has 106 valence electrons. The lowest BCUT2D eigenvalue weighted by Gasteiger charge is -2.07. The van der Waals surface area contributed by atoms with Crippen molar-refractivity contribution in [1.82, 2.24) is 15.0 Å². The summed E-state index contributed by atoms with van der Waals surface area (Å²) in [7, 11) is 1.59. The van der Waals surface area contributed by atoms with Crippen LogP contribution in [0.1, 0.15) is 18.9 Å². The van der Waals surface area contributed by atoms with E-state index in [-0.39, 0.29) is 0 Å². The fourth-order valence-corrected chi connectivity index (χ4v) is 1.53. The van der Waals surface area contributed by atoms with Crippen molar-refractivity contribution in [2.75, 3.05) is 19.0 Å². The zero-order chi connectivity index (χ0) is 14.2. The SMILES string of the molecule is CCCOc1ccnc(NCc2ccc(OC)nc2)n1. The molecule has 2 aromatic rings. The monoisotopic (exact) mass is 274 g/mol. The molecule has 0 aromatic carbocycles. The molecule has 0 amide bonds. The molecule has 0 radical (unpaired) electrons. The average molecular weight is 274 g/mol. The van der Waals surface area contributed by atoms with Gasteiger partial charge >= 0.3 is 0 Å². The molecule has 0 unspecified atom stereocenters. The molecule has 6 nitrogen and oxygen atoms in total. The van der Waals surface area contributed by atoms with Gasteiger partial charge in [0, 0.05) is 31.1 Å². The van der Waals surface area contributed by atoms with Crippen LogP contribution in [0.15, 0.2) is 30.6 Å². The Bertz CT molecular complexity index is 531. The molecule has 0 fully saturated rings. The largest absolute Gasteiger partial charge is 0.481 e. The fraction of sp³-hybridized carbons (Fsp3) is 0.357. The van der Waals surface area contributed by atoms with Crippen LogP contribution < -0.4 is 14.8 Å². The first-order chi connectivity index (χ1) is 9.81. The highest BCUT2D eigenvalue weighted by Gasteiger charge is 2.01. The van der Waals surface area contributed by atoms with E-state index < -0.39 is 0 Å². The van der Waals surface area contributed by atoms with Gasteiger partial charge in [-0.3, -0.25) is 0 Å². The van der Waals surface area contributed by atoms with Gasteiger partial charge in [0.25, 0.3) is 0 Å². The summed E-state index contributed by atoms with van der Waals surface area (Å²) in [5.74, 6) is 1.71.